The molecule has 0 radical (unpaired) electrons. The number of hydrogen-bond acceptors (Lipinski definition) is 2. The Labute approximate surface area is 92.2 Å². The summed E-state index contributed by atoms with van der Waals surface area (Å²) in [5.74, 6) is -0.404. The molecule has 0 amide bonds. The van der Waals surface area contributed by atoms with Gasteiger partial charge in [-0.05, 0) is 18.2 Å². The van der Waals surface area contributed by atoms with Crippen LogP contribution in [0, 0.1) is 17.1 Å². The van der Waals surface area contributed by atoms with Crippen LogP contribution in [-0.2, 0) is 0 Å². The van der Waals surface area contributed by atoms with Crippen LogP contribution >= 0.6 is 0 Å². The molecule has 0 atom stereocenters. The zero-order valence-corrected chi connectivity index (χ0v) is 8.35. The SMILES string of the molecule is N#C/C(=C/c1ccoc1)c1ccccc1F. The summed E-state index contributed by atoms with van der Waals surface area (Å²) in [4.78, 5) is 0. The molecule has 0 unspecified atom stereocenters. The molecule has 0 N–H and O–H groups in total. The van der Waals surface area contributed by atoms with Crippen LogP contribution in [0.25, 0.3) is 11.6 Å². The van der Waals surface area contributed by atoms with Gasteiger partial charge >= 0.3 is 0 Å². The van der Waals surface area contributed by atoms with E-state index in [0.717, 1.165) is 5.56 Å². The van der Waals surface area contributed by atoms with E-state index >= 15 is 0 Å². The molecule has 16 heavy (non-hydrogen) atoms. The molecule has 0 bridgehead atoms. The lowest BCUT2D eigenvalue weighted by molar-refractivity contribution is 0.567. The van der Waals surface area contributed by atoms with Crippen molar-refractivity contribution < 1.29 is 8.81 Å². The van der Waals surface area contributed by atoms with Crippen molar-refractivity contribution in [3.05, 3.63) is 59.8 Å². The molecule has 0 aliphatic heterocycles. The van der Waals surface area contributed by atoms with Gasteiger partial charge in [0.05, 0.1) is 24.2 Å². The number of rotatable bonds is 2. The van der Waals surface area contributed by atoms with Gasteiger partial charge in [-0.3, -0.25) is 0 Å². The molecule has 3 heteroatoms. The maximum Gasteiger partial charge on any atom is 0.131 e. The Balaban J connectivity index is 2.46. The second-order valence-electron chi connectivity index (χ2n) is 3.21. The summed E-state index contributed by atoms with van der Waals surface area (Å²) in [6.07, 6.45) is 4.59. The first-order valence-electron chi connectivity index (χ1n) is 4.70. The molecule has 1 aromatic heterocycles. The third kappa shape index (κ3) is 2.01. The van der Waals surface area contributed by atoms with Crippen molar-refractivity contribution >= 4 is 11.6 Å². The second kappa shape index (κ2) is 4.45. The Kier molecular flexibility index (Phi) is 2.84. The lowest BCUT2D eigenvalue weighted by Crippen LogP contribution is -1.86. The van der Waals surface area contributed by atoms with E-state index in [4.69, 9.17) is 9.68 Å². The molecule has 0 aliphatic rings. The molecule has 0 spiro atoms. The zero-order valence-electron chi connectivity index (χ0n) is 8.35. The number of halogens is 1. The lowest BCUT2D eigenvalue weighted by atomic mass is 10.0. The van der Waals surface area contributed by atoms with Crippen molar-refractivity contribution in [3.8, 4) is 6.07 Å². The molecule has 2 nitrogen and oxygen atoms in total. The summed E-state index contributed by atoms with van der Waals surface area (Å²) in [5.41, 5.74) is 1.31. The van der Waals surface area contributed by atoms with Gasteiger partial charge in [0.25, 0.3) is 0 Å². The Morgan fingerprint density at radius 2 is 2.12 bits per heavy atom. The van der Waals surface area contributed by atoms with Gasteiger partial charge < -0.3 is 4.42 Å². The molecule has 78 valence electrons. The molecular formula is C13H8FNO. The highest BCUT2D eigenvalue weighted by Gasteiger charge is 2.06. The minimum absolute atomic E-state index is 0.277. The van der Waals surface area contributed by atoms with E-state index in [1.807, 2.05) is 6.07 Å². The van der Waals surface area contributed by atoms with Gasteiger partial charge in [0.1, 0.15) is 5.82 Å². The predicted octanol–water partition coefficient (Wildman–Crippen LogP) is 3.48. The highest BCUT2D eigenvalue weighted by molar-refractivity contribution is 5.89. The van der Waals surface area contributed by atoms with E-state index in [2.05, 4.69) is 0 Å². The van der Waals surface area contributed by atoms with E-state index in [-0.39, 0.29) is 5.57 Å². The first-order valence-corrected chi connectivity index (χ1v) is 4.70. The number of hydrogen-bond donors (Lipinski definition) is 0. The number of nitriles is 1. The van der Waals surface area contributed by atoms with Gasteiger partial charge in [-0.2, -0.15) is 5.26 Å². The number of furan rings is 1. The highest BCUT2D eigenvalue weighted by Crippen LogP contribution is 2.20. The maximum absolute atomic E-state index is 13.4. The number of benzene rings is 1. The summed E-state index contributed by atoms with van der Waals surface area (Å²) < 4.78 is 18.3. The summed E-state index contributed by atoms with van der Waals surface area (Å²) >= 11 is 0. The summed E-state index contributed by atoms with van der Waals surface area (Å²) in [7, 11) is 0. The maximum atomic E-state index is 13.4. The van der Waals surface area contributed by atoms with Crippen LogP contribution in [0.15, 0.2) is 47.3 Å². The normalized spacial score (nSPS) is 11.1. The Morgan fingerprint density at radius 1 is 1.31 bits per heavy atom. The van der Waals surface area contributed by atoms with Crippen LogP contribution in [0.4, 0.5) is 4.39 Å². The molecule has 1 heterocycles. The van der Waals surface area contributed by atoms with Gasteiger partial charge in [0.2, 0.25) is 0 Å². The van der Waals surface area contributed by atoms with Crippen LogP contribution in [0.1, 0.15) is 11.1 Å². The van der Waals surface area contributed by atoms with E-state index in [0.29, 0.717) is 5.56 Å². The first kappa shape index (κ1) is 10.2. The van der Waals surface area contributed by atoms with E-state index in [9.17, 15) is 4.39 Å². The van der Waals surface area contributed by atoms with Crippen LogP contribution in [0.5, 0.6) is 0 Å². The molecule has 0 saturated heterocycles. The van der Waals surface area contributed by atoms with Crippen LogP contribution < -0.4 is 0 Å². The van der Waals surface area contributed by atoms with Crippen LogP contribution in [0.2, 0.25) is 0 Å². The number of nitrogens with zero attached hydrogens (tertiary/aromatic N) is 1. The first-order chi connectivity index (χ1) is 7.81. The summed E-state index contributed by atoms with van der Waals surface area (Å²) in [5, 5.41) is 8.99. The fourth-order valence-electron chi connectivity index (χ4n) is 1.37. The fraction of sp³-hybridized carbons (Fsp3) is 0. The number of allylic oxidation sites excluding steroid dienone is 1. The average Bonchev–Trinajstić information content (AvgIpc) is 2.80. The van der Waals surface area contributed by atoms with Gasteiger partial charge in [0, 0.05) is 11.1 Å². The molecule has 2 rings (SSSR count). The zero-order chi connectivity index (χ0) is 11.4. The largest absolute Gasteiger partial charge is 0.472 e. The van der Waals surface area contributed by atoms with E-state index in [1.54, 1.807) is 30.3 Å². The van der Waals surface area contributed by atoms with Crippen molar-refractivity contribution in [3.63, 3.8) is 0 Å². The molecular weight excluding hydrogens is 205 g/mol. The van der Waals surface area contributed by atoms with Crippen molar-refractivity contribution in [2.24, 2.45) is 0 Å². The van der Waals surface area contributed by atoms with Crippen LogP contribution in [0.3, 0.4) is 0 Å². The van der Waals surface area contributed by atoms with Crippen molar-refractivity contribution in [1.29, 1.82) is 5.26 Å². The quantitative estimate of drug-likeness (QED) is 0.716. The van der Waals surface area contributed by atoms with E-state index < -0.39 is 5.82 Å². The van der Waals surface area contributed by atoms with E-state index in [1.165, 1.54) is 18.6 Å². The van der Waals surface area contributed by atoms with Crippen molar-refractivity contribution in [1.82, 2.24) is 0 Å². The second-order valence-corrected chi connectivity index (χ2v) is 3.21. The Hall–Kier alpha value is -2.34. The fourth-order valence-corrected chi connectivity index (χ4v) is 1.37. The Morgan fingerprint density at radius 3 is 2.75 bits per heavy atom. The van der Waals surface area contributed by atoms with Gasteiger partial charge in [-0.1, -0.05) is 18.2 Å². The van der Waals surface area contributed by atoms with Gasteiger partial charge in [-0.25, -0.2) is 4.39 Å². The monoisotopic (exact) mass is 213 g/mol. The van der Waals surface area contributed by atoms with Gasteiger partial charge in [0.15, 0.2) is 0 Å². The molecule has 0 fully saturated rings. The molecule has 2 aromatic rings. The highest BCUT2D eigenvalue weighted by atomic mass is 19.1. The van der Waals surface area contributed by atoms with Gasteiger partial charge in [-0.15, -0.1) is 0 Å². The predicted molar refractivity (Wildman–Crippen MR) is 58.6 cm³/mol. The third-order valence-electron chi connectivity index (χ3n) is 2.14. The van der Waals surface area contributed by atoms with Crippen molar-refractivity contribution in [2.75, 3.05) is 0 Å². The summed E-state index contributed by atoms with van der Waals surface area (Å²) in [6.45, 7) is 0. The minimum Gasteiger partial charge on any atom is -0.472 e. The molecule has 1 aromatic carbocycles. The smallest absolute Gasteiger partial charge is 0.131 e. The third-order valence-corrected chi connectivity index (χ3v) is 2.14. The molecule has 0 aliphatic carbocycles. The molecule has 0 saturated carbocycles. The average molecular weight is 213 g/mol. The van der Waals surface area contributed by atoms with Crippen LogP contribution in [-0.4, -0.2) is 0 Å². The lowest BCUT2D eigenvalue weighted by Gasteiger charge is -1.99. The topological polar surface area (TPSA) is 36.9 Å². The standard InChI is InChI=1S/C13H8FNO/c14-13-4-2-1-3-12(13)11(8-15)7-10-5-6-16-9-10/h1-7,9H/b11-7-. The minimum atomic E-state index is -0.404. The Bertz CT molecular complexity index is 550. The van der Waals surface area contributed by atoms with Crippen molar-refractivity contribution in [2.45, 2.75) is 0 Å². The summed E-state index contributed by atoms with van der Waals surface area (Å²) in [6, 6.07) is 9.87.